The van der Waals surface area contributed by atoms with Crippen LogP contribution < -0.4 is 5.32 Å². The highest BCUT2D eigenvalue weighted by Crippen LogP contribution is 2.29. The van der Waals surface area contributed by atoms with Crippen molar-refractivity contribution in [1.82, 2.24) is 14.9 Å². The predicted molar refractivity (Wildman–Crippen MR) is 92.8 cm³/mol. The van der Waals surface area contributed by atoms with Gasteiger partial charge in [0.2, 0.25) is 0 Å². The molecule has 1 N–H and O–H groups in total. The van der Waals surface area contributed by atoms with E-state index in [1.807, 2.05) is 6.20 Å². The Hall–Kier alpha value is -2.65. The quantitative estimate of drug-likeness (QED) is 0.909. The van der Waals surface area contributed by atoms with Crippen molar-refractivity contribution in [3.63, 3.8) is 0 Å². The Morgan fingerprint density at radius 1 is 1.40 bits per heavy atom. The van der Waals surface area contributed by atoms with Crippen LogP contribution in [0.3, 0.4) is 0 Å². The molecule has 0 radical (unpaired) electrons. The minimum absolute atomic E-state index is 0.147. The van der Waals surface area contributed by atoms with Gasteiger partial charge in [-0.3, -0.25) is 4.79 Å². The third-order valence-electron chi connectivity index (χ3n) is 4.67. The lowest BCUT2D eigenvalue weighted by Crippen LogP contribution is -2.37. The molecular formula is C19H22N4O2. The first-order chi connectivity index (χ1) is 12.2. The molecule has 2 heterocycles. The van der Waals surface area contributed by atoms with Crippen LogP contribution in [-0.4, -0.2) is 28.7 Å². The molecule has 6 heteroatoms. The van der Waals surface area contributed by atoms with Gasteiger partial charge >= 0.3 is 0 Å². The molecule has 3 rings (SSSR count). The molecule has 1 saturated heterocycles. The number of nitriles is 1. The highest BCUT2D eigenvalue weighted by molar-refractivity contribution is 5.94. The average molecular weight is 338 g/mol. The van der Waals surface area contributed by atoms with Crippen molar-refractivity contribution < 1.29 is 9.53 Å². The van der Waals surface area contributed by atoms with Crippen molar-refractivity contribution in [2.45, 2.75) is 32.4 Å². The number of carbonyl (C=O) groups is 1. The summed E-state index contributed by atoms with van der Waals surface area (Å²) in [5.41, 5.74) is 1.09. The summed E-state index contributed by atoms with van der Waals surface area (Å²) >= 11 is 0. The Morgan fingerprint density at radius 2 is 2.12 bits per heavy atom. The Labute approximate surface area is 147 Å². The van der Waals surface area contributed by atoms with E-state index in [9.17, 15) is 4.79 Å². The number of benzene rings is 1. The molecule has 1 fully saturated rings. The molecule has 25 heavy (non-hydrogen) atoms. The summed E-state index contributed by atoms with van der Waals surface area (Å²) in [5, 5.41) is 12.0. The van der Waals surface area contributed by atoms with Crippen molar-refractivity contribution in [1.29, 1.82) is 5.26 Å². The Morgan fingerprint density at radius 3 is 2.76 bits per heavy atom. The Kier molecular flexibility index (Phi) is 5.46. The van der Waals surface area contributed by atoms with Crippen molar-refractivity contribution in [2.24, 2.45) is 5.92 Å². The topological polar surface area (TPSA) is 79.9 Å². The second-order valence-corrected chi connectivity index (χ2v) is 6.16. The van der Waals surface area contributed by atoms with E-state index in [4.69, 9.17) is 10.00 Å². The zero-order valence-corrected chi connectivity index (χ0v) is 14.3. The molecule has 6 nitrogen and oxygen atoms in total. The molecule has 0 saturated carbocycles. The fourth-order valence-corrected chi connectivity index (χ4v) is 3.23. The third kappa shape index (κ3) is 3.89. The van der Waals surface area contributed by atoms with E-state index < -0.39 is 0 Å². The van der Waals surface area contributed by atoms with Gasteiger partial charge in [0.15, 0.2) is 0 Å². The number of rotatable bonds is 5. The fraction of sp³-hybridized carbons (Fsp3) is 0.421. The largest absolute Gasteiger partial charge is 0.381 e. The van der Waals surface area contributed by atoms with Gasteiger partial charge in [0.25, 0.3) is 5.91 Å². The number of nitrogens with zero attached hydrogens (tertiary/aromatic N) is 3. The van der Waals surface area contributed by atoms with Crippen LogP contribution in [0.1, 0.15) is 47.6 Å². The van der Waals surface area contributed by atoms with Gasteiger partial charge in [0.05, 0.1) is 17.7 Å². The summed E-state index contributed by atoms with van der Waals surface area (Å²) in [6.45, 7) is 4.29. The summed E-state index contributed by atoms with van der Waals surface area (Å²) in [7, 11) is 0. The van der Waals surface area contributed by atoms with Crippen molar-refractivity contribution in [3.8, 4) is 6.07 Å². The Bertz CT molecular complexity index is 754. The van der Waals surface area contributed by atoms with Gasteiger partial charge in [-0.15, -0.1) is 0 Å². The summed E-state index contributed by atoms with van der Waals surface area (Å²) in [4.78, 5) is 17.2. The lowest BCUT2D eigenvalue weighted by atomic mass is 9.90. The summed E-state index contributed by atoms with van der Waals surface area (Å²) in [5.74, 6) is 1.03. The van der Waals surface area contributed by atoms with Crippen molar-refractivity contribution in [2.75, 3.05) is 13.2 Å². The third-order valence-corrected chi connectivity index (χ3v) is 4.67. The van der Waals surface area contributed by atoms with Crippen LogP contribution >= 0.6 is 0 Å². The maximum Gasteiger partial charge on any atom is 0.251 e. The minimum atomic E-state index is -0.151. The van der Waals surface area contributed by atoms with E-state index in [0.717, 1.165) is 25.2 Å². The number of carbonyl (C=O) groups excluding carboxylic acids is 1. The van der Waals surface area contributed by atoms with Gasteiger partial charge in [0, 0.05) is 37.7 Å². The van der Waals surface area contributed by atoms with Crippen LogP contribution in [0, 0.1) is 17.2 Å². The van der Waals surface area contributed by atoms with Gasteiger partial charge in [0.1, 0.15) is 5.82 Å². The van der Waals surface area contributed by atoms with Crippen LogP contribution in [0.5, 0.6) is 0 Å². The van der Waals surface area contributed by atoms with Crippen LogP contribution in [0.15, 0.2) is 36.7 Å². The molecule has 0 bridgehead atoms. The zero-order chi connectivity index (χ0) is 17.6. The van der Waals surface area contributed by atoms with E-state index >= 15 is 0 Å². The van der Waals surface area contributed by atoms with Gasteiger partial charge in [-0.25, -0.2) is 4.98 Å². The maximum atomic E-state index is 12.7. The molecular weight excluding hydrogens is 316 g/mol. The van der Waals surface area contributed by atoms with E-state index in [1.165, 1.54) is 0 Å². The zero-order valence-electron chi connectivity index (χ0n) is 14.3. The number of ether oxygens (including phenoxy) is 1. The van der Waals surface area contributed by atoms with Gasteiger partial charge in [-0.1, -0.05) is 0 Å². The maximum absolute atomic E-state index is 12.7. The number of aromatic nitrogens is 2. The smallest absolute Gasteiger partial charge is 0.251 e. The van der Waals surface area contributed by atoms with Crippen molar-refractivity contribution >= 4 is 5.91 Å². The molecule has 0 aliphatic carbocycles. The van der Waals surface area contributed by atoms with E-state index in [0.29, 0.717) is 30.3 Å². The number of amides is 1. The van der Waals surface area contributed by atoms with Gasteiger partial charge < -0.3 is 14.6 Å². The molecule has 1 atom stereocenters. The van der Waals surface area contributed by atoms with E-state index in [-0.39, 0.29) is 11.9 Å². The molecule has 1 aliphatic heterocycles. The van der Waals surface area contributed by atoms with Crippen LogP contribution in [0.2, 0.25) is 0 Å². The first kappa shape index (κ1) is 17.2. The monoisotopic (exact) mass is 338 g/mol. The molecule has 2 aromatic rings. The summed E-state index contributed by atoms with van der Waals surface area (Å²) < 4.78 is 7.54. The van der Waals surface area contributed by atoms with E-state index in [1.54, 1.807) is 30.5 Å². The molecule has 1 aromatic heterocycles. The Balaban J connectivity index is 1.83. The highest BCUT2D eigenvalue weighted by atomic mass is 16.5. The SMILES string of the molecule is CCn1ccnc1[C@H](NC(=O)c1ccc(C#N)cc1)C1CCOCC1. The predicted octanol–water partition coefficient (Wildman–Crippen LogP) is 2.67. The normalized spacial score (nSPS) is 16.2. The molecule has 0 spiro atoms. The minimum Gasteiger partial charge on any atom is -0.381 e. The van der Waals surface area contributed by atoms with E-state index in [2.05, 4.69) is 27.9 Å². The average Bonchev–Trinajstić information content (AvgIpc) is 3.15. The van der Waals surface area contributed by atoms with Crippen LogP contribution in [0.4, 0.5) is 0 Å². The van der Waals surface area contributed by atoms with Crippen molar-refractivity contribution in [3.05, 3.63) is 53.6 Å². The molecule has 0 unspecified atom stereocenters. The number of aryl methyl sites for hydroxylation is 1. The lowest BCUT2D eigenvalue weighted by Gasteiger charge is -2.31. The van der Waals surface area contributed by atoms with Crippen LogP contribution in [-0.2, 0) is 11.3 Å². The second-order valence-electron chi connectivity index (χ2n) is 6.16. The number of imidazole rings is 1. The summed E-state index contributed by atoms with van der Waals surface area (Å²) in [6, 6.07) is 8.59. The second kappa shape index (κ2) is 7.95. The molecule has 1 aliphatic rings. The number of nitrogens with one attached hydrogen (secondary N) is 1. The fourth-order valence-electron chi connectivity index (χ4n) is 3.23. The molecule has 130 valence electrons. The van der Waals surface area contributed by atoms with Gasteiger partial charge in [-0.05, 0) is 49.9 Å². The standard InChI is InChI=1S/C19H22N4O2/c1-2-23-10-9-21-18(23)17(15-7-11-25-12-8-15)22-19(24)16-5-3-14(13-20)4-6-16/h3-6,9-10,15,17H,2,7-8,11-12H2,1H3,(H,22,24)/t17-/m1/s1. The highest BCUT2D eigenvalue weighted by Gasteiger charge is 2.30. The first-order valence-electron chi connectivity index (χ1n) is 8.62. The molecule has 1 amide bonds. The number of hydrogen-bond acceptors (Lipinski definition) is 4. The van der Waals surface area contributed by atoms with Crippen LogP contribution in [0.25, 0.3) is 0 Å². The summed E-state index contributed by atoms with van der Waals surface area (Å²) in [6.07, 6.45) is 5.51. The first-order valence-corrected chi connectivity index (χ1v) is 8.62. The lowest BCUT2D eigenvalue weighted by molar-refractivity contribution is 0.0498. The molecule has 1 aromatic carbocycles. The van der Waals surface area contributed by atoms with Gasteiger partial charge in [-0.2, -0.15) is 5.26 Å². The number of hydrogen-bond donors (Lipinski definition) is 1.